The number of aliphatic hydroxyl groups excluding tert-OH is 1. The van der Waals surface area contributed by atoms with Crippen LogP contribution >= 0.6 is 27.3 Å². The molecule has 1 nitrogen and oxygen atoms in total. The van der Waals surface area contributed by atoms with E-state index in [4.69, 9.17) is 5.11 Å². The minimum atomic E-state index is -0.369. The second-order valence-electron chi connectivity index (χ2n) is 2.65. The Labute approximate surface area is 84.9 Å². The van der Waals surface area contributed by atoms with Crippen LogP contribution in [0.3, 0.4) is 0 Å². The van der Waals surface area contributed by atoms with Crippen LogP contribution in [0.4, 0.5) is 0 Å². The minimum Gasteiger partial charge on any atom is -0.389 e. The van der Waals surface area contributed by atoms with Gasteiger partial charge >= 0.3 is 0 Å². The summed E-state index contributed by atoms with van der Waals surface area (Å²) in [6.07, 6.45) is 3.34. The molecule has 66 valence electrons. The highest BCUT2D eigenvalue weighted by Crippen LogP contribution is 2.27. The molecule has 0 aliphatic carbocycles. The summed E-state index contributed by atoms with van der Waals surface area (Å²) in [7, 11) is 0. The Hall–Kier alpha value is -0.120. The number of aryl methyl sites for hydroxylation is 1. The normalized spacial score (nSPS) is 14.0. The predicted octanol–water partition coefficient (Wildman–Crippen LogP) is 3.21. The molecule has 0 radical (unpaired) electrons. The molecule has 1 aromatic rings. The van der Waals surface area contributed by atoms with Crippen LogP contribution in [0.2, 0.25) is 0 Å². The Morgan fingerprint density at radius 2 is 2.33 bits per heavy atom. The van der Waals surface area contributed by atoms with E-state index in [1.807, 2.05) is 6.08 Å². The van der Waals surface area contributed by atoms with Crippen molar-refractivity contribution in [1.29, 1.82) is 0 Å². The molecular weight excluding hydrogens is 236 g/mol. The molecule has 0 aliphatic rings. The number of aliphatic hydroxyl groups is 1. The van der Waals surface area contributed by atoms with Gasteiger partial charge in [0.2, 0.25) is 0 Å². The van der Waals surface area contributed by atoms with Crippen LogP contribution < -0.4 is 0 Å². The monoisotopic (exact) mass is 246 g/mol. The van der Waals surface area contributed by atoms with Crippen LogP contribution in [0.15, 0.2) is 16.6 Å². The van der Waals surface area contributed by atoms with Crippen molar-refractivity contribution in [3.63, 3.8) is 0 Å². The summed E-state index contributed by atoms with van der Waals surface area (Å²) in [5, 5.41) is 9.00. The van der Waals surface area contributed by atoms with E-state index in [9.17, 15) is 0 Å². The number of thiophene rings is 1. The van der Waals surface area contributed by atoms with Gasteiger partial charge in [-0.1, -0.05) is 6.08 Å². The van der Waals surface area contributed by atoms with Gasteiger partial charge in [0.15, 0.2) is 0 Å². The van der Waals surface area contributed by atoms with E-state index in [-0.39, 0.29) is 6.10 Å². The van der Waals surface area contributed by atoms with Crippen LogP contribution in [0.25, 0.3) is 6.08 Å². The van der Waals surface area contributed by atoms with Crippen molar-refractivity contribution < 1.29 is 5.11 Å². The first-order valence-electron chi connectivity index (χ1n) is 3.72. The standard InChI is InChI=1S/C9H11BrOS/c1-6(11)3-4-8-5-9(10)7(2)12-8/h3-6,11H,1-2H3/b4-3+. The molecule has 12 heavy (non-hydrogen) atoms. The van der Waals surface area contributed by atoms with Crippen LogP contribution in [-0.4, -0.2) is 11.2 Å². The first kappa shape index (κ1) is 9.96. The van der Waals surface area contributed by atoms with E-state index in [1.165, 1.54) is 9.75 Å². The number of hydrogen-bond acceptors (Lipinski definition) is 2. The van der Waals surface area contributed by atoms with Crippen molar-refractivity contribution in [3.8, 4) is 0 Å². The van der Waals surface area contributed by atoms with Crippen molar-refractivity contribution in [2.24, 2.45) is 0 Å². The van der Waals surface area contributed by atoms with Crippen molar-refractivity contribution in [2.45, 2.75) is 20.0 Å². The zero-order valence-corrected chi connectivity index (χ0v) is 9.45. The van der Waals surface area contributed by atoms with Gasteiger partial charge in [0.1, 0.15) is 0 Å². The maximum Gasteiger partial charge on any atom is 0.0696 e. The van der Waals surface area contributed by atoms with Crippen molar-refractivity contribution in [1.82, 2.24) is 0 Å². The SMILES string of the molecule is Cc1sc(/C=C/C(C)O)cc1Br. The lowest BCUT2D eigenvalue weighted by Crippen LogP contribution is -1.90. The first-order chi connectivity index (χ1) is 5.59. The van der Waals surface area contributed by atoms with Crippen LogP contribution in [0, 0.1) is 6.92 Å². The van der Waals surface area contributed by atoms with E-state index >= 15 is 0 Å². The van der Waals surface area contributed by atoms with Gasteiger partial charge in [-0.2, -0.15) is 0 Å². The number of rotatable bonds is 2. The molecule has 1 rings (SSSR count). The fourth-order valence-electron chi connectivity index (χ4n) is 0.798. The fraction of sp³-hybridized carbons (Fsp3) is 0.333. The third-order valence-electron chi connectivity index (χ3n) is 1.42. The highest BCUT2D eigenvalue weighted by molar-refractivity contribution is 9.10. The molecule has 0 aliphatic heterocycles. The van der Waals surface area contributed by atoms with Crippen molar-refractivity contribution >= 4 is 33.3 Å². The lowest BCUT2D eigenvalue weighted by atomic mass is 10.3. The molecule has 1 unspecified atom stereocenters. The zero-order chi connectivity index (χ0) is 9.14. The Balaban J connectivity index is 2.77. The van der Waals surface area contributed by atoms with Gasteiger partial charge in [-0.3, -0.25) is 0 Å². The molecule has 3 heteroatoms. The predicted molar refractivity (Wildman–Crippen MR) is 57.5 cm³/mol. The summed E-state index contributed by atoms with van der Waals surface area (Å²) in [5.41, 5.74) is 0. The largest absolute Gasteiger partial charge is 0.389 e. The third-order valence-corrected chi connectivity index (χ3v) is 3.52. The number of hydrogen-bond donors (Lipinski definition) is 1. The zero-order valence-electron chi connectivity index (χ0n) is 7.04. The minimum absolute atomic E-state index is 0.369. The van der Waals surface area contributed by atoms with Gasteiger partial charge in [0.25, 0.3) is 0 Å². The average molecular weight is 247 g/mol. The molecule has 1 atom stereocenters. The molecule has 1 N–H and O–H groups in total. The summed E-state index contributed by atoms with van der Waals surface area (Å²) >= 11 is 5.15. The van der Waals surface area contributed by atoms with Gasteiger partial charge in [-0.15, -0.1) is 11.3 Å². The molecule has 0 spiro atoms. The quantitative estimate of drug-likeness (QED) is 0.850. The molecule has 0 saturated heterocycles. The topological polar surface area (TPSA) is 20.2 Å². The molecule has 1 heterocycles. The van der Waals surface area contributed by atoms with Gasteiger partial charge in [0.05, 0.1) is 6.10 Å². The summed E-state index contributed by atoms with van der Waals surface area (Å²) in [6.45, 7) is 3.81. The van der Waals surface area contributed by atoms with E-state index in [2.05, 4.69) is 28.9 Å². The average Bonchev–Trinajstić information content (AvgIpc) is 2.28. The molecule has 0 bridgehead atoms. The van der Waals surface area contributed by atoms with Gasteiger partial charge in [-0.05, 0) is 41.9 Å². The Kier molecular flexibility index (Phi) is 3.50. The summed E-state index contributed by atoms with van der Waals surface area (Å²) in [5.74, 6) is 0. The highest BCUT2D eigenvalue weighted by Gasteiger charge is 1.99. The molecule has 0 amide bonds. The second kappa shape index (κ2) is 4.21. The molecular formula is C9H11BrOS. The van der Waals surface area contributed by atoms with Gasteiger partial charge in [0, 0.05) is 14.2 Å². The van der Waals surface area contributed by atoms with E-state index < -0.39 is 0 Å². The molecule has 0 saturated carbocycles. The maximum atomic E-state index is 9.00. The van der Waals surface area contributed by atoms with Gasteiger partial charge < -0.3 is 5.11 Å². The lowest BCUT2D eigenvalue weighted by molar-refractivity contribution is 0.245. The molecule has 0 aromatic carbocycles. The fourth-order valence-corrected chi connectivity index (χ4v) is 2.27. The Morgan fingerprint density at radius 1 is 1.67 bits per heavy atom. The van der Waals surface area contributed by atoms with Crippen molar-refractivity contribution in [2.75, 3.05) is 0 Å². The van der Waals surface area contributed by atoms with E-state index in [1.54, 1.807) is 24.3 Å². The number of halogens is 1. The smallest absolute Gasteiger partial charge is 0.0696 e. The van der Waals surface area contributed by atoms with E-state index in [0.29, 0.717) is 0 Å². The Morgan fingerprint density at radius 3 is 2.75 bits per heavy atom. The van der Waals surface area contributed by atoms with Crippen LogP contribution in [-0.2, 0) is 0 Å². The Bertz CT molecular complexity index is 269. The maximum absolute atomic E-state index is 9.00. The molecule has 0 fully saturated rings. The second-order valence-corrected chi connectivity index (χ2v) is 4.79. The summed E-state index contributed by atoms with van der Waals surface area (Å²) < 4.78 is 1.14. The van der Waals surface area contributed by atoms with Crippen LogP contribution in [0.1, 0.15) is 16.7 Å². The first-order valence-corrected chi connectivity index (χ1v) is 5.32. The van der Waals surface area contributed by atoms with Crippen LogP contribution in [0.5, 0.6) is 0 Å². The molecule has 1 aromatic heterocycles. The van der Waals surface area contributed by atoms with Gasteiger partial charge in [-0.25, -0.2) is 0 Å². The van der Waals surface area contributed by atoms with E-state index in [0.717, 1.165) is 4.47 Å². The summed E-state index contributed by atoms with van der Waals surface area (Å²) in [4.78, 5) is 2.43. The third kappa shape index (κ3) is 2.73. The highest BCUT2D eigenvalue weighted by atomic mass is 79.9. The lowest BCUT2D eigenvalue weighted by Gasteiger charge is -1.90. The van der Waals surface area contributed by atoms with Crippen molar-refractivity contribution in [3.05, 3.63) is 26.4 Å². The summed E-state index contributed by atoms with van der Waals surface area (Å²) in [6, 6.07) is 2.05.